The zero-order valence-electron chi connectivity index (χ0n) is 11.6. The van der Waals surface area contributed by atoms with Gasteiger partial charge in [0.05, 0.1) is 7.11 Å². The molecule has 1 aromatic rings. The summed E-state index contributed by atoms with van der Waals surface area (Å²) in [4.78, 5) is 0.487. The molecule has 1 aromatic carbocycles. The lowest BCUT2D eigenvalue weighted by molar-refractivity contribution is 0.402. The molecule has 102 valence electrons. The van der Waals surface area contributed by atoms with Crippen molar-refractivity contribution in [1.29, 1.82) is 0 Å². The summed E-state index contributed by atoms with van der Waals surface area (Å²) in [5, 5.41) is 0. The van der Waals surface area contributed by atoms with Crippen LogP contribution in [0, 0.1) is 36.5 Å². The fourth-order valence-electron chi connectivity index (χ4n) is 5.06. The van der Waals surface area contributed by atoms with Crippen molar-refractivity contribution in [3.8, 4) is 5.75 Å². The number of benzene rings is 1. The molecule has 0 spiro atoms. The molecule has 1 nitrogen and oxygen atoms in total. The summed E-state index contributed by atoms with van der Waals surface area (Å²) in [6.07, 6.45) is 4.51. The van der Waals surface area contributed by atoms with Crippen molar-refractivity contribution < 1.29 is 4.74 Å². The quantitative estimate of drug-likeness (QED) is 0.731. The Morgan fingerprint density at radius 3 is 2.53 bits per heavy atom. The zero-order valence-corrected chi connectivity index (χ0v) is 13.2. The minimum atomic E-state index is 0.487. The number of alkyl halides is 1. The van der Waals surface area contributed by atoms with E-state index >= 15 is 0 Å². The summed E-state index contributed by atoms with van der Waals surface area (Å²) in [6, 6.07) is 6.55. The summed E-state index contributed by atoms with van der Waals surface area (Å²) < 4.78 is 5.56. The van der Waals surface area contributed by atoms with E-state index in [0.29, 0.717) is 4.83 Å². The Hall–Kier alpha value is -0.500. The van der Waals surface area contributed by atoms with Gasteiger partial charge in [0.1, 0.15) is 5.75 Å². The Morgan fingerprint density at radius 2 is 1.89 bits per heavy atom. The highest BCUT2D eigenvalue weighted by molar-refractivity contribution is 9.09. The lowest BCUT2D eigenvalue weighted by Gasteiger charge is -2.18. The highest BCUT2D eigenvalue weighted by Crippen LogP contribution is 2.73. The normalized spacial score (nSPS) is 40.1. The third-order valence-electron chi connectivity index (χ3n) is 5.82. The molecule has 0 aliphatic heterocycles. The molecule has 0 saturated heterocycles. The molecule has 0 heterocycles. The first-order valence-corrected chi connectivity index (χ1v) is 8.41. The lowest BCUT2D eigenvalue weighted by atomic mass is 9.96. The maximum absolute atomic E-state index is 5.56. The van der Waals surface area contributed by atoms with Gasteiger partial charge in [-0.1, -0.05) is 33.6 Å². The molecular weight excluding hydrogens is 300 g/mol. The van der Waals surface area contributed by atoms with Gasteiger partial charge in [-0.3, -0.25) is 0 Å². The van der Waals surface area contributed by atoms with Crippen LogP contribution in [-0.4, -0.2) is 7.11 Å². The third-order valence-corrected chi connectivity index (χ3v) is 6.92. The summed E-state index contributed by atoms with van der Waals surface area (Å²) >= 11 is 4.00. The van der Waals surface area contributed by atoms with Gasteiger partial charge in [-0.25, -0.2) is 0 Å². The molecule has 2 bridgehead atoms. The predicted molar refractivity (Wildman–Crippen MR) is 80.7 cm³/mol. The number of hydrogen-bond acceptors (Lipinski definition) is 1. The highest BCUT2D eigenvalue weighted by Gasteiger charge is 2.66. The first kappa shape index (κ1) is 12.3. The average Bonchev–Trinajstić information content (AvgIpc) is 2.85. The molecule has 4 rings (SSSR count). The number of fused-ring (bicyclic) bond motifs is 5. The first-order valence-electron chi connectivity index (χ1n) is 7.49. The SMILES string of the molecule is COc1ccc(C)cc1C(Br)C1C2C3CCC(C3)C21. The van der Waals surface area contributed by atoms with Crippen molar-refractivity contribution >= 4 is 15.9 Å². The van der Waals surface area contributed by atoms with Gasteiger partial charge >= 0.3 is 0 Å². The molecule has 0 amide bonds. The van der Waals surface area contributed by atoms with Crippen molar-refractivity contribution in [1.82, 2.24) is 0 Å². The molecule has 0 radical (unpaired) electrons. The van der Waals surface area contributed by atoms with E-state index in [2.05, 4.69) is 41.1 Å². The van der Waals surface area contributed by atoms with Crippen LogP contribution in [0.15, 0.2) is 18.2 Å². The number of rotatable bonds is 3. The molecule has 5 unspecified atom stereocenters. The van der Waals surface area contributed by atoms with E-state index < -0.39 is 0 Å². The number of hydrogen-bond donors (Lipinski definition) is 0. The van der Waals surface area contributed by atoms with Crippen molar-refractivity contribution in [3.05, 3.63) is 29.3 Å². The Kier molecular flexibility index (Phi) is 2.74. The summed E-state index contributed by atoms with van der Waals surface area (Å²) in [7, 11) is 1.78. The van der Waals surface area contributed by atoms with Crippen LogP contribution in [0.2, 0.25) is 0 Å². The van der Waals surface area contributed by atoms with Crippen LogP contribution in [0.3, 0.4) is 0 Å². The fraction of sp³-hybridized carbons (Fsp3) is 0.647. The van der Waals surface area contributed by atoms with E-state index in [4.69, 9.17) is 4.74 Å². The van der Waals surface area contributed by atoms with E-state index in [9.17, 15) is 0 Å². The highest BCUT2D eigenvalue weighted by atomic mass is 79.9. The monoisotopic (exact) mass is 320 g/mol. The van der Waals surface area contributed by atoms with Crippen LogP contribution in [-0.2, 0) is 0 Å². The molecule has 0 N–H and O–H groups in total. The largest absolute Gasteiger partial charge is 0.496 e. The zero-order chi connectivity index (χ0) is 13.1. The minimum Gasteiger partial charge on any atom is -0.496 e. The molecule has 5 atom stereocenters. The van der Waals surface area contributed by atoms with E-state index in [0.717, 1.165) is 35.3 Å². The van der Waals surface area contributed by atoms with Crippen LogP contribution in [0.4, 0.5) is 0 Å². The predicted octanol–water partition coefficient (Wildman–Crippen LogP) is 4.73. The second-order valence-electron chi connectivity index (χ2n) is 6.71. The maximum Gasteiger partial charge on any atom is 0.123 e. The van der Waals surface area contributed by atoms with Gasteiger partial charge in [0.25, 0.3) is 0 Å². The molecule has 0 aromatic heterocycles. The number of halogens is 1. The van der Waals surface area contributed by atoms with Crippen molar-refractivity contribution in [2.45, 2.75) is 31.0 Å². The molecule has 3 aliphatic carbocycles. The van der Waals surface area contributed by atoms with Crippen molar-refractivity contribution in [3.63, 3.8) is 0 Å². The van der Waals surface area contributed by atoms with E-state index in [1.807, 2.05) is 0 Å². The Morgan fingerprint density at radius 1 is 1.21 bits per heavy atom. The number of aryl methyl sites for hydroxylation is 1. The van der Waals surface area contributed by atoms with Crippen LogP contribution in [0.1, 0.15) is 35.2 Å². The molecular formula is C17H21BrO. The number of methoxy groups -OCH3 is 1. The third kappa shape index (κ3) is 1.72. The molecule has 3 aliphatic rings. The van der Waals surface area contributed by atoms with Crippen molar-refractivity contribution in [2.75, 3.05) is 7.11 Å². The van der Waals surface area contributed by atoms with Gasteiger partial charge in [0.2, 0.25) is 0 Å². The summed E-state index contributed by atoms with van der Waals surface area (Å²) in [6.45, 7) is 2.17. The Balaban J connectivity index is 1.62. The number of ether oxygens (including phenoxy) is 1. The van der Waals surface area contributed by atoms with Gasteiger partial charge in [0, 0.05) is 10.4 Å². The van der Waals surface area contributed by atoms with Crippen molar-refractivity contribution in [2.24, 2.45) is 29.6 Å². The van der Waals surface area contributed by atoms with Gasteiger partial charge in [0.15, 0.2) is 0 Å². The fourth-order valence-corrected chi connectivity index (χ4v) is 6.12. The summed E-state index contributed by atoms with van der Waals surface area (Å²) in [5.74, 6) is 6.00. The standard InChI is InChI=1S/C17H21BrO/c1-9-3-6-13(19-2)12(7-9)17(18)16-14-10-4-5-11(8-10)15(14)16/h3,6-7,10-11,14-17H,4-5,8H2,1-2H3. The van der Waals surface area contributed by atoms with Gasteiger partial charge in [-0.2, -0.15) is 0 Å². The Bertz CT molecular complexity index is 496. The van der Waals surface area contributed by atoms with E-state index in [1.54, 1.807) is 7.11 Å². The van der Waals surface area contributed by atoms with Crippen LogP contribution >= 0.6 is 15.9 Å². The lowest BCUT2D eigenvalue weighted by Crippen LogP contribution is -2.05. The van der Waals surface area contributed by atoms with E-state index in [1.165, 1.54) is 30.4 Å². The smallest absolute Gasteiger partial charge is 0.123 e. The van der Waals surface area contributed by atoms with Crippen LogP contribution < -0.4 is 4.74 Å². The van der Waals surface area contributed by atoms with E-state index in [-0.39, 0.29) is 0 Å². The minimum absolute atomic E-state index is 0.487. The first-order chi connectivity index (χ1) is 9.20. The maximum atomic E-state index is 5.56. The molecule has 3 saturated carbocycles. The van der Waals surface area contributed by atoms with Gasteiger partial charge in [-0.15, -0.1) is 0 Å². The molecule has 3 fully saturated rings. The molecule has 19 heavy (non-hydrogen) atoms. The van der Waals surface area contributed by atoms with Gasteiger partial charge in [-0.05, 0) is 61.8 Å². The second kappa shape index (κ2) is 4.25. The second-order valence-corrected chi connectivity index (χ2v) is 7.70. The topological polar surface area (TPSA) is 9.23 Å². The van der Waals surface area contributed by atoms with Crippen LogP contribution in [0.5, 0.6) is 5.75 Å². The molecule has 2 heteroatoms. The summed E-state index contributed by atoms with van der Waals surface area (Å²) in [5.41, 5.74) is 2.69. The average molecular weight is 321 g/mol. The van der Waals surface area contributed by atoms with Gasteiger partial charge < -0.3 is 4.74 Å². The van der Waals surface area contributed by atoms with Crippen LogP contribution in [0.25, 0.3) is 0 Å². The Labute approximate surface area is 123 Å².